The highest BCUT2D eigenvalue weighted by Gasteiger charge is 2.27. The predicted molar refractivity (Wildman–Crippen MR) is 76.3 cm³/mol. The minimum Gasteiger partial charge on any atom is -0.486 e. The Morgan fingerprint density at radius 2 is 2.32 bits per heavy atom. The molecule has 0 radical (unpaired) electrons. The maximum absolute atomic E-state index is 6.02. The van der Waals surface area contributed by atoms with Crippen LogP contribution in [0.3, 0.4) is 0 Å². The summed E-state index contributed by atoms with van der Waals surface area (Å²) in [7, 11) is 0. The highest BCUT2D eigenvalue weighted by molar-refractivity contribution is 5.66. The summed E-state index contributed by atoms with van der Waals surface area (Å²) in [6.07, 6.45) is 1.25. The number of anilines is 1. The van der Waals surface area contributed by atoms with E-state index in [1.165, 1.54) is 5.69 Å². The lowest BCUT2D eigenvalue weighted by Crippen LogP contribution is -2.51. The first kappa shape index (κ1) is 12.6. The summed E-state index contributed by atoms with van der Waals surface area (Å²) in [5.41, 5.74) is 1.18. The molecule has 1 fully saturated rings. The molecule has 19 heavy (non-hydrogen) atoms. The van der Waals surface area contributed by atoms with Gasteiger partial charge in [0.2, 0.25) is 0 Å². The number of para-hydroxylation sites is 1. The van der Waals surface area contributed by atoms with Gasteiger partial charge in [0.25, 0.3) is 0 Å². The second-order valence-electron chi connectivity index (χ2n) is 5.30. The Bertz CT molecular complexity index is 450. The van der Waals surface area contributed by atoms with Crippen LogP contribution in [0.2, 0.25) is 0 Å². The molecule has 1 aromatic carbocycles. The SMILES string of the molecule is CCC1CNCCN1c1cccc2c1OC(C)CO2. The number of piperazine rings is 1. The highest BCUT2D eigenvalue weighted by Crippen LogP contribution is 2.41. The largest absolute Gasteiger partial charge is 0.486 e. The lowest BCUT2D eigenvalue weighted by Gasteiger charge is -2.39. The van der Waals surface area contributed by atoms with Crippen LogP contribution in [0.25, 0.3) is 0 Å². The van der Waals surface area contributed by atoms with E-state index in [0.29, 0.717) is 12.6 Å². The van der Waals surface area contributed by atoms with Crippen LogP contribution in [-0.4, -0.2) is 38.4 Å². The van der Waals surface area contributed by atoms with E-state index < -0.39 is 0 Å². The number of fused-ring (bicyclic) bond motifs is 1. The second kappa shape index (κ2) is 5.29. The molecule has 0 saturated carbocycles. The molecule has 1 N–H and O–H groups in total. The van der Waals surface area contributed by atoms with Gasteiger partial charge in [0.1, 0.15) is 12.7 Å². The van der Waals surface area contributed by atoms with Gasteiger partial charge in [-0.15, -0.1) is 0 Å². The van der Waals surface area contributed by atoms with Crippen LogP contribution in [0.5, 0.6) is 11.5 Å². The van der Waals surface area contributed by atoms with Crippen LogP contribution in [0.4, 0.5) is 5.69 Å². The first-order valence-electron chi connectivity index (χ1n) is 7.19. The number of rotatable bonds is 2. The van der Waals surface area contributed by atoms with E-state index in [-0.39, 0.29) is 6.10 Å². The maximum atomic E-state index is 6.02. The van der Waals surface area contributed by atoms with Crippen LogP contribution in [-0.2, 0) is 0 Å². The third-order valence-electron chi connectivity index (χ3n) is 3.88. The fourth-order valence-corrected chi connectivity index (χ4v) is 2.85. The van der Waals surface area contributed by atoms with Gasteiger partial charge < -0.3 is 19.7 Å². The molecule has 2 atom stereocenters. The van der Waals surface area contributed by atoms with Gasteiger partial charge in [-0.05, 0) is 25.5 Å². The van der Waals surface area contributed by atoms with Gasteiger partial charge in [-0.2, -0.15) is 0 Å². The van der Waals surface area contributed by atoms with Gasteiger partial charge >= 0.3 is 0 Å². The van der Waals surface area contributed by atoms with Gasteiger partial charge in [0, 0.05) is 25.7 Å². The highest BCUT2D eigenvalue weighted by atomic mass is 16.6. The Morgan fingerprint density at radius 1 is 1.42 bits per heavy atom. The lowest BCUT2D eigenvalue weighted by atomic mass is 10.1. The number of hydrogen-bond donors (Lipinski definition) is 1. The van der Waals surface area contributed by atoms with Gasteiger partial charge in [-0.25, -0.2) is 0 Å². The zero-order valence-corrected chi connectivity index (χ0v) is 11.7. The Hall–Kier alpha value is -1.42. The first-order chi connectivity index (χ1) is 9.29. The molecule has 0 spiro atoms. The molecule has 4 heteroatoms. The number of hydrogen-bond acceptors (Lipinski definition) is 4. The molecule has 4 nitrogen and oxygen atoms in total. The van der Waals surface area contributed by atoms with Crippen LogP contribution >= 0.6 is 0 Å². The maximum Gasteiger partial charge on any atom is 0.185 e. The Kier molecular flexibility index (Phi) is 3.51. The van der Waals surface area contributed by atoms with Crippen molar-refractivity contribution >= 4 is 5.69 Å². The number of ether oxygens (including phenoxy) is 2. The number of benzene rings is 1. The standard InChI is InChI=1S/C15H22N2O2/c1-3-12-9-16-7-8-17(12)13-5-4-6-14-15(13)19-11(2)10-18-14/h4-6,11-12,16H,3,7-10H2,1-2H3. The fourth-order valence-electron chi connectivity index (χ4n) is 2.85. The zero-order chi connectivity index (χ0) is 13.2. The van der Waals surface area contributed by atoms with E-state index in [9.17, 15) is 0 Å². The van der Waals surface area contributed by atoms with Crippen LogP contribution in [0, 0.1) is 0 Å². The number of nitrogens with one attached hydrogen (secondary N) is 1. The van der Waals surface area contributed by atoms with Crippen molar-refractivity contribution in [2.75, 3.05) is 31.1 Å². The van der Waals surface area contributed by atoms with Crippen LogP contribution < -0.4 is 19.7 Å². The molecule has 2 heterocycles. The summed E-state index contributed by atoms with van der Waals surface area (Å²) in [4.78, 5) is 2.46. The molecule has 104 valence electrons. The predicted octanol–water partition coefficient (Wildman–Crippen LogP) is 2.03. The van der Waals surface area contributed by atoms with Crippen LogP contribution in [0.1, 0.15) is 20.3 Å². The molecular formula is C15H22N2O2. The molecule has 2 unspecified atom stereocenters. The minimum atomic E-state index is 0.122. The van der Waals surface area contributed by atoms with Gasteiger partial charge in [0.05, 0.1) is 5.69 Å². The molecule has 1 saturated heterocycles. The molecule has 2 aliphatic heterocycles. The lowest BCUT2D eigenvalue weighted by molar-refractivity contribution is 0.104. The summed E-state index contributed by atoms with van der Waals surface area (Å²) in [5.74, 6) is 1.80. The van der Waals surface area contributed by atoms with E-state index in [1.54, 1.807) is 0 Å². The molecule has 0 aromatic heterocycles. The van der Waals surface area contributed by atoms with E-state index in [0.717, 1.165) is 37.6 Å². The summed E-state index contributed by atoms with van der Waals surface area (Å²) in [6.45, 7) is 8.00. The van der Waals surface area contributed by atoms with E-state index >= 15 is 0 Å². The smallest absolute Gasteiger partial charge is 0.185 e. The van der Waals surface area contributed by atoms with E-state index in [2.05, 4.69) is 36.2 Å². The first-order valence-corrected chi connectivity index (χ1v) is 7.19. The molecule has 3 rings (SSSR count). The van der Waals surface area contributed by atoms with E-state index in [1.807, 2.05) is 6.07 Å². The van der Waals surface area contributed by atoms with Crippen molar-refractivity contribution in [1.82, 2.24) is 5.32 Å². The Labute approximate surface area is 114 Å². The fraction of sp³-hybridized carbons (Fsp3) is 0.600. The zero-order valence-electron chi connectivity index (χ0n) is 11.7. The monoisotopic (exact) mass is 262 g/mol. The molecular weight excluding hydrogens is 240 g/mol. The summed E-state index contributed by atoms with van der Waals surface area (Å²) in [6, 6.07) is 6.73. The van der Waals surface area contributed by atoms with Crippen molar-refractivity contribution in [2.24, 2.45) is 0 Å². The average molecular weight is 262 g/mol. The summed E-state index contributed by atoms with van der Waals surface area (Å²) < 4.78 is 11.8. The molecule has 0 bridgehead atoms. The molecule has 0 aliphatic carbocycles. The van der Waals surface area contributed by atoms with Crippen molar-refractivity contribution < 1.29 is 9.47 Å². The molecule has 1 aromatic rings. The quantitative estimate of drug-likeness (QED) is 0.884. The van der Waals surface area contributed by atoms with Gasteiger partial charge in [-0.1, -0.05) is 13.0 Å². The van der Waals surface area contributed by atoms with Crippen molar-refractivity contribution in [3.05, 3.63) is 18.2 Å². The third-order valence-corrected chi connectivity index (χ3v) is 3.88. The van der Waals surface area contributed by atoms with E-state index in [4.69, 9.17) is 9.47 Å². The van der Waals surface area contributed by atoms with Gasteiger partial charge in [-0.3, -0.25) is 0 Å². The summed E-state index contributed by atoms with van der Waals surface area (Å²) in [5, 5.41) is 3.46. The Balaban J connectivity index is 1.95. The molecule has 2 aliphatic rings. The topological polar surface area (TPSA) is 33.7 Å². The minimum absolute atomic E-state index is 0.122. The molecule has 0 amide bonds. The number of nitrogens with zero attached hydrogens (tertiary/aromatic N) is 1. The normalized spacial score (nSPS) is 26.3. The average Bonchev–Trinajstić information content (AvgIpc) is 2.46. The third kappa shape index (κ3) is 2.37. The van der Waals surface area contributed by atoms with Crippen molar-refractivity contribution in [3.63, 3.8) is 0 Å². The van der Waals surface area contributed by atoms with Crippen molar-refractivity contribution in [2.45, 2.75) is 32.4 Å². The van der Waals surface area contributed by atoms with Crippen LogP contribution in [0.15, 0.2) is 18.2 Å². The van der Waals surface area contributed by atoms with Crippen molar-refractivity contribution in [3.8, 4) is 11.5 Å². The van der Waals surface area contributed by atoms with Gasteiger partial charge in [0.15, 0.2) is 11.5 Å². The second-order valence-corrected chi connectivity index (χ2v) is 5.30. The Morgan fingerprint density at radius 3 is 3.16 bits per heavy atom. The van der Waals surface area contributed by atoms with Crippen molar-refractivity contribution in [1.29, 1.82) is 0 Å². The summed E-state index contributed by atoms with van der Waals surface area (Å²) >= 11 is 0.